The lowest BCUT2D eigenvalue weighted by atomic mass is 9.81. The predicted molar refractivity (Wildman–Crippen MR) is 85.5 cm³/mol. The van der Waals surface area contributed by atoms with Gasteiger partial charge in [-0.25, -0.2) is 0 Å². The summed E-state index contributed by atoms with van der Waals surface area (Å²) in [7, 11) is 1.91. The largest absolute Gasteiger partial charge is 0.355 e. The molecule has 1 aromatic rings. The summed E-state index contributed by atoms with van der Waals surface area (Å²) in [4.78, 5) is 12.0. The van der Waals surface area contributed by atoms with Crippen LogP contribution in [0.15, 0.2) is 24.3 Å². The molecule has 1 amide bonds. The van der Waals surface area contributed by atoms with Crippen molar-refractivity contribution in [2.24, 2.45) is 0 Å². The van der Waals surface area contributed by atoms with E-state index in [1.807, 2.05) is 7.05 Å². The minimum atomic E-state index is 0. The van der Waals surface area contributed by atoms with E-state index in [4.69, 9.17) is 0 Å². The zero-order valence-corrected chi connectivity index (χ0v) is 13.1. The zero-order chi connectivity index (χ0) is 13.7. The summed E-state index contributed by atoms with van der Waals surface area (Å²) in [5.74, 6) is 0.568. The first kappa shape index (κ1) is 17.0. The molecule has 1 aliphatic rings. The number of hydrogen-bond acceptors (Lipinski definition) is 2. The fourth-order valence-electron chi connectivity index (χ4n) is 2.73. The Kier molecular flexibility index (Phi) is 7.03. The standard InChI is InChI=1S/C16H24N2O.ClH/c1-12(17-2)11-18-16(19)10-14-8-5-7-13-6-3-4-9-15(13)14;/h3-4,6,9,12,14,17H,5,7-8,10-11H2,1-2H3,(H,18,19);1H. The molecule has 1 aromatic carbocycles. The van der Waals surface area contributed by atoms with Crippen LogP contribution in [-0.2, 0) is 11.2 Å². The highest BCUT2D eigenvalue weighted by Gasteiger charge is 2.22. The number of carbonyl (C=O) groups is 1. The molecule has 2 atom stereocenters. The Morgan fingerprint density at radius 1 is 1.40 bits per heavy atom. The normalized spacial score (nSPS) is 18.6. The molecule has 112 valence electrons. The van der Waals surface area contributed by atoms with Gasteiger partial charge < -0.3 is 10.6 Å². The van der Waals surface area contributed by atoms with Gasteiger partial charge in [0.2, 0.25) is 5.91 Å². The van der Waals surface area contributed by atoms with Gasteiger partial charge >= 0.3 is 0 Å². The first-order chi connectivity index (χ1) is 9.20. The molecule has 4 heteroatoms. The number of benzene rings is 1. The topological polar surface area (TPSA) is 41.1 Å². The van der Waals surface area contributed by atoms with E-state index < -0.39 is 0 Å². The van der Waals surface area contributed by atoms with Crippen LogP contribution in [0.5, 0.6) is 0 Å². The number of carbonyl (C=O) groups excluding carboxylic acids is 1. The molecular formula is C16H25ClN2O. The quantitative estimate of drug-likeness (QED) is 0.877. The van der Waals surface area contributed by atoms with Gasteiger partial charge in [-0.2, -0.15) is 0 Å². The molecule has 3 nitrogen and oxygen atoms in total. The highest BCUT2D eigenvalue weighted by Crippen LogP contribution is 2.33. The molecule has 0 saturated carbocycles. The van der Waals surface area contributed by atoms with Gasteiger partial charge in [-0.05, 0) is 50.3 Å². The van der Waals surface area contributed by atoms with Crippen molar-refractivity contribution in [3.05, 3.63) is 35.4 Å². The molecule has 2 rings (SSSR count). The third-order valence-corrected chi connectivity index (χ3v) is 4.02. The van der Waals surface area contributed by atoms with Gasteiger partial charge in [-0.1, -0.05) is 24.3 Å². The van der Waals surface area contributed by atoms with E-state index >= 15 is 0 Å². The maximum Gasteiger partial charge on any atom is 0.220 e. The Hall–Kier alpha value is -1.06. The van der Waals surface area contributed by atoms with Gasteiger partial charge in [-0.3, -0.25) is 4.79 Å². The minimum Gasteiger partial charge on any atom is -0.355 e. The molecule has 0 aromatic heterocycles. The number of hydrogen-bond donors (Lipinski definition) is 2. The van der Waals surface area contributed by atoms with E-state index in [9.17, 15) is 4.79 Å². The van der Waals surface area contributed by atoms with Gasteiger partial charge in [0, 0.05) is 19.0 Å². The number of fused-ring (bicyclic) bond motifs is 1. The first-order valence-corrected chi connectivity index (χ1v) is 7.22. The summed E-state index contributed by atoms with van der Waals surface area (Å²) >= 11 is 0. The molecule has 0 saturated heterocycles. The Morgan fingerprint density at radius 2 is 2.15 bits per heavy atom. The van der Waals surface area contributed by atoms with Crippen LogP contribution in [0.1, 0.15) is 43.2 Å². The predicted octanol–water partition coefficient (Wildman–Crippen LogP) is 2.64. The Balaban J connectivity index is 0.00000200. The van der Waals surface area contributed by atoms with Crippen molar-refractivity contribution in [3.8, 4) is 0 Å². The first-order valence-electron chi connectivity index (χ1n) is 7.22. The van der Waals surface area contributed by atoms with Gasteiger partial charge in [0.1, 0.15) is 0 Å². The maximum atomic E-state index is 12.0. The van der Waals surface area contributed by atoms with Crippen molar-refractivity contribution in [3.63, 3.8) is 0 Å². The molecular weight excluding hydrogens is 272 g/mol. The third-order valence-electron chi connectivity index (χ3n) is 4.02. The number of likely N-dealkylation sites (N-methyl/N-ethyl adjacent to an activating group) is 1. The number of rotatable bonds is 5. The molecule has 2 unspecified atom stereocenters. The average Bonchev–Trinajstić information content (AvgIpc) is 2.45. The molecule has 20 heavy (non-hydrogen) atoms. The second-order valence-electron chi connectivity index (χ2n) is 5.49. The second-order valence-corrected chi connectivity index (χ2v) is 5.49. The van der Waals surface area contributed by atoms with Crippen molar-refractivity contribution < 1.29 is 4.79 Å². The van der Waals surface area contributed by atoms with Crippen LogP contribution in [0.25, 0.3) is 0 Å². The second kappa shape index (κ2) is 8.28. The smallest absolute Gasteiger partial charge is 0.220 e. The average molecular weight is 297 g/mol. The number of aryl methyl sites for hydroxylation is 1. The number of nitrogens with one attached hydrogen (secondary N) is 2. The Morgan fingerprint density at radius 3 is 2.90 bits per heavy atom. The molecule has 0 spiro atoms. The molecule has 1 aliphatic carbocycles. The van der Waals surface area contributed by atoms with Crippen LogP contribution < -0.4 is 10.6 Å². The van der Waals surface area contributed by atoms with E-state index in [0.29, 0.717) is 24.9 Å². The molecule has 0 heterocycles. The molecule has 0 bridgehead atoms. The zero-order valence-electron chi connectivity index (χ0n) is 12.3. The van der Waals surface area contributed by atoms with Crippen LogP contribution in [-0.4, -0.2) is 25.5 Å². The van der Waals surface area contributed by atoms with E-state index in [2.05, 4.69) is 41.8 Å². The van der Waals surface area contributed by atoms with E-state index in [1.165, 1.54) is 17.5 Å². The summed E-state index contributed by atoms with van der Waals surface area (Å²) in [6.07, 6.45) is 4.10. The monoisotopic (exact) mass is 296 g/mol. The highest BCUT2D eigenvalue weighted by atomic mass is 35.5. The summed E-state index contributed by atoms with van der Waals surface area (Å²) in [5.41, 5.74) is 2.81. The van der Waals surface area contributed by atoms with E-state index in [1.54, 1.807) is 0 Å². The molecule has 0 fully saturated rings. The summed E-state index contributed by atoms with van der Waals surface area (Å²) in [6, 6.07) is 8.88. The van der Waals surface area contributed by atoms with Crippen LogP contribution in [0.3, 0.4) is 0 Å². The fraction of sp³-hybridized carbons (Fsp3) is 0.562. The number of amides is 1. The minimum absolute atomic E-state index is 0. The van der Waals surface area contributed by atoms with Crippen LogP contribution in [0, 0.1) is 0 Å². The van der Waals surface area contributed by atoms with E-state index in [-0.39, 0.29) is 18.3 Å². The van der Waals surface area contributed by atoms with Crippen molar-refractivity contribution in [2.75, 3.05) is 13.6 Å². The van der Waals surface area contributed by atoms with Gasteiger partial charge in [0.25, 0.3) is 0 Å². The van der Waals surface area contributed by atoms with Gasteiger partial charge in [-0.15, -0.1) is 12.4 Å². The maximum absolute atomic E-state index is 12.0. The van der Waals surface area contributed by atoms with Crippen LogP contribution in [0.2, 0.25) is 0 Å². The van der Waals surface area contributed by atoms with Gasteiger partial charge in [0.15, 0.2) is 0 Å². The molecule has 0 aliphatic heterocycles. The summed E-state index contributed by atoms with van der Waals surface area (Å²) in [6.45, 7) is 2.76. The molecule has 2 N–H and O–H groups in total. The van der Waals surface area contributed by atoms with Crippen molar-refractivity contribution >= 4 is 18.3 Å². The lowest BCUT2D eigenvalue weighted by Crippen LogP contribution is -2.37. The SMILES string of the molecule is CNC(C)CNC(=O)CC1CCCc2ccccc21.Cl. The summed E-state index contributed by atoms with van der Waals surface area (Å²) < 4.78 is 0. The highest BCUT2D eigenvalue weighted by molar-refractivity contribution is 5.85. The van der Waals surface area contributed by atoms with Crippen molar-refractivity contribution in [1.29, 1.82) is 0 Å². The molecule has 0 radical (unpaired) electrons. The Labute approximate surface area is 127 Å². The lowest BCUT2D eigenvalue weighted by Gasteiger charge is -2.25. The number of halogens is 1. The van der Waals surface area contributed by atoms with Crippen molar-refractivity contribution in [2.45, 2.75) is 44.6 Å². The lowest BCUT2D eigenvalue weighted by molar-refractivity contribution is -0.121. The van der Waals surface area contributed by atoms with Crippen molar-refractivity contribution in [1.82, 2.24) is 10.6 Å². The Bertz CT molecular complexity index is 436. The van der Waals surface area contributed by atoms with Crippen LogP contribution in [0.4, 0.5) is 0 Å². The van der Waals surface area contributed by atoms with E-state index in [0.717, 1.165) is 12.8 Å². The fourth-order valence-corrected chi connectivity index (χ4v) is 2.73. The summed E-state index contributed by atoms with van der Waals surface area (Å²) in [5, 5.41) is 6.13. The van der Waals surface area contributed by atoms with Gasteiger partial charge in [0.05, 0.1) is 0 Å². The van der Waals surface area contributed by atoms with Crippen LogP contribution >= 0.6 is 12.4 Å². The third kappa shape index (κ3) is 4.50.